The van der Waals surface area contributed by atoms with Crippen LogP contribution in [0.2, 0.25) is 0 Å². The minimum absolute atomic E-state index is 0.0924. The first-order valence-electron chi connectivity index (χ1n) is 6.11. The van der Waals surface area contributed by atoms with E-state index in [1.54, 1.807) is 12.4 Å². The Labute approximate surface area is 107 Å². The molecule has 0 fully saturated rings. The summed E-state index contributed by atoms with van der Waals surface area (Å²) in [6, 6.07) is 11.6. The Morgan fingerprint density at radius 1 is 0.833 bits per heavy atom. The smallest absolute Gasteiger partial charge is 0.127 e. The highest BCUT2D eigenvalue weighted by Crippen LogP contribution is 2.12. The van der Waals surface area contributed by atoms with Crippen LogP contribution in [0.4, 0.5) is 11.6 Å². The molecule has 0 aliphatic carbocycles. The summed E-state index contributed by atoms with van der Waals surface area (Å²) in [7, 11) is 0. The number of anilines is 2. The van der Waals surface area contributed by atoms with Gasteiger partial charge in [-0.2, -0.15) is 0 Å². The number of pyridine rings is 2. The number of aromatic nitrogens is 2. The van der Waals surface area contributed by atoms with E-state index < -0.39 is 0 Å². The van der Waals surface area contributed by atoms with Crippen molar-refractivity contribution in [3.63, 3.8) is 0 Å². The largest absolute Gasteiger partial charge is 0.350 e. The molecule has 2 heterocycles. The Bertz CT molecular complexity index is 414. The number of hydrogen-bond donors (Lipinski definition) is 2. The zero-order valence-corrected chi connectivity index (χ0v) is 10.7. The molecule has 4 nitrogen and oxygen atoms in total. The van der Waals surface area contributed by atoms with Gasteiger partial charge in [-0.05, 0) is 30.2 Å². The first kappa shape index (κ1) is 12.4. The van der Waals surface area contributed by atoms with Crippen molar-refractivity contribution in [3.05, 3.63) is 48.8 Å². The molecule has 0 amide bonds. The first-order valence-corrected chi connectivity index (χ1v) is 6.11. The van der Waals surface area contributed by atoms with Crippen molar-refractivity contribution < 1.29 is 0 Å². The van der Waals surface area contributed by atoms with E-state index in [9.17, 15) is 0 Å². The van der Waals surface area contributed by atoms with Gasteiger partial charge in [0, 0.05) is 12.4 Å². The molecule has 2 aromatic rings. The third-order valence-corrected chi connectivity index (χ3v) is 2.60. The van der Waals surface area contributed by atoms with Crippen LogP contribution < -0.4 is 10.6 Å². The summed E-state index contributed by atoms with van der Waals surface area (Å²) in [5.74, 6) is 2.13. The van der Waals surface area contributed by atoms with E-state index >= 15 is 0 Å². The van der Waals surface area contributed by atoms with Crippen molar-refractivity contribution in [1.29, 1.82) is 0 Å². The van der Waals surface area contributed by atoms with E-state index in [1.807, 2.05) is 36.4 Å². The van der Waals surface area contributed by atoms with Gasteiger partial charge in [0.1, 0.15) is 17.8 Å². The molecule has 2 aromatic heterocycles. The van der Waals surface area contributed by atoms with Crippen molar-refractivity contribution in [2.45, 2.75) is 20.0 Å². The zero-order chi connectivity index (χ0) is 12.8. The van der Waals surface area contributed by atoms with E-state index in [4.69, 9.17) is 0 Å². The third kappa shape index (κ3) is 3.45. The second-order valence-electron chi connectivity index (χ2n) is 4.44. The molecule has 2 rings (SSSR count). The highest BCUT2D eigenvalue weighted by atomic mass is 15.2. The molecule has 0 spiro atoms. The van der Waals surface area contributed by atoms with Gasteiger partial charge in [0.25, 0.3) is 0 Å². The maximum absolute atomic E-state index is 4.27. The van der Waals surface area contributed by atoms with Gasteiger partial charge in [0.15, 0.2) is 0 Å². The highest BCUT2D eigenvalue weighted by Gasteiger charge is 2.13. The molecular formula is C14H18N4. The fraction of sp³-hybridized carbons (Fsp3) is 0.286. The topological polar surface area (TPSA) is 49.8 Å². The van der Waals surface area contributed by atoms with E-state index in [-0.39, 0.29) is 6.17 Å². The minimum Gasteiger partial charge on any atom is -0.350 e. The molecule has 0 radical (unpaired) electrons. The Morgan fingerprint density at radius 3 is 1.67 bits per heavy atom. The Kier molecular flexibility index (Phi) is 4.12. The molecular weight excluding hydrogens is 224 g/mol. The normalized spacial score (nSPS) is 10.7. The summed E-state index contributed by atoms with van der Waals surface area (Å²) < 4.78 is 0. The summed E-state index contributed by atoms with van der Waals surface area (Å²) in [5.41, 5.74) is 0. The van der Waals surface area contributed by atoms with Crippen LogP contribution in [0.25, 0.3) is 0 Å². The maximum Gasteiger partial charge on any atom is 0.127 e. The average Bonchev–Trinajstić information content (AvgIpc) is 2.40. The zero-order valence-electron chi connectivity index (χ0n) is 10.7. The summed E-state index contributed by atoms with van der Waals surface area (Å²) in [6.07, 6.45) is 3.65. The number of nitrogens with one attached hydrogen (secondary N) is 2. The van der Waals surface area contributed by atoms with Gasteiger partial charge in [-0.15, -0.1) is 0 Å². The SMILES string of the molecule is CC(C)C(Nc1ccccn1)Nc1ccccn1. The maximum atomic E-state index is 4.27. The minimum atomic E-state index is 0.0924. The van der Waals surface area contributed by atoms with Crippen LogP contribution in [0.1, 0.15) is 13.8 Å². The quantitative estimate of drug-likeness (QED) is 0.791. The molecule has 0 aliphatic rings. The lowest BCUT2D eigenvalue weighted by Gasteiger charge is -2.24. The van der Waals surface area contributed by atoms with Crippen LogP contribution in [-0.4, -0.2) is 16.1 Å². The van der Waals surface area contributed by atoms with Crippen molar-refractivity contribution in [2.24, 2.45) is 5.92 Å². The van der Waals surface area contributed by atoms with Crippen LogP contribution in [-0.2, 0) is 0 Å². The van der Waals surface area contributed by atoms with Crippen LogP contribution in [0.3, 0.4) is 0 Å². The van der Waals surface area contributed by atoms with Crippen molar-refractivity contribution in [2.75, 3.05) is 10.6 Å². The van der Waals surface area contributed by atoms with Gasteiger partial charge in [-0.1, -0.05) is 26.0 Å². The third-order valence-electron chi connectivity index (χ3n) is 2.60. The standard InChI is InChI=1S/C14H18N4/c1-11(2)14(17-12-7-3-5-9-15-12)18-13-8-4-6-10-16-13/h3-11,14H,1-2H3,(H,15,17)(H,16,18). The van der Waals surface area contributed by atoms with E-state index in [0.29, 0.717) is 5.92 Å². The van der Waals surface area contributed by atoms with Crippen molar-refractivity contribution in [3.8, 4) is 0 Å². The molecule has 0 atom stereocenters. The molecule has 0 aromatic carbocycles. The van der Waals surface area contributed by atoms with Gasteiger partial charge < -0.3 is 10.6 Å². The van der Waals surface area contributed by atoms with E-state index in [2.05, 4.69) is 34.4 Å². The second kappa shape index (κ2) is 6.00. The monoisotopic (exact) mass is 242 g/mol. The predicted octanol–water partition coefficient (Wildman–Crippen LogP) is 2.98. The summed E-state index contributed by atoms with van der Waals surface area (Å²) >= 11 is 0. The Hall–Kier alpha value is -2.10. The molecule has 0 unspecified atom stereocenters. The summed E-state index contributed by atoms with van der Waals surface area (Å²) in [6.45, 7) is 4.30. The Morgan fingerprint density at radius 2 is 1.33 bits per heavy atom. The van der Waals surface area contributed by atoms with Crippen LogP contribution in [0.15, 0.2) is 48.8 Å². The average molecular weight is 242 g/mol. The summed E-state index contributed by atoms with van der Waals surface area (Å²) in [5, 5.41) is 6.73. The van der Waals surface area contributed by atoms with Crippen molar-refractivity contribution in [1.82, 2.24) is 9.97 Å². The van der Waals surface area contributed by atoms with E-state index in [1.165, 1.54) is 0 Å². The molecule has 94 valence electrons. The lowest BCUT2D eigenvalue weighted by atomic mass is 10.1. The van der Waals surface area contributed by atoms with Crippen molar-refractivity contribution >= 4 is 11.6 Å². The van der Waals surface area contributed by atoms with E-state index in [0.717, 1.165) is 11.6 Å². The molecule has 18 heavy (non-hydrogen) atoms. The van der Waals surface area contributed by atoms with Gasteiger partial charge in [0.05, 0.1) is 0 Å². The first-order chi connectivity index (χ1) is 8.75. The molecule has 0 aliphatic heterocycles. The van der Waals surface area contributed by atoms with Gasteiger partial charge in [-0.3, -0.25) is 0 Å². The molecule has 0 saturated carbocycles. The second-order valence-corrected chi connectivity index (χ2v) is 4.44. The molecule has 4 heteroatoms. The molecule has 0 bridgehead atoms. The van der Waals surface area contributed by atoms with Crippen LogP contribution >= 0.6 is 0 Å². The highest BCUT2D eigenvalue weighted by molar-refractivity contribution is 5.41. The molecule has 0 saturated heterocycles. The summed E-state index contributed by atoms with van der Waals surface area (Å²) in [4.78, 5) is 8.54. The lowest BCUT2D eigenvalue weighted by Crippen LogP contribution is -2.34. The van der Waals surface area contributed by atoms with Gasteiger partial charge >= 0.3 is 0 Å². The Balaban J connectivity index is 2.05. The molecule has 2 N–H and O–H groups in total. The van der Waals surface area contributed by atoms with Crippen LogP contribution in [0, 0.1) is 5.92 Å². The number of rotatable bonds is 5. The van der Waals surface area contributed by atoms with Gasteiger partial charge in [-0.25, -0.2) is 9.97 Å². The number of hydrogen-bond acceptors (Lipinski definition) is 4. The fourth-order valence-corrected chi connectivity index (χ4v) is 1.58. The van der Waals surface area contributed by atoms with Gasteiger partial charge in [0.2, 0.25) is 0 Å². The lowest BCUT2D eigenvalue weighted by molar-refractivity contribution is 0.567. The fourth-order valence-electron chi connectivity index (χ4n) is 1.58. The van der Waals surface area contributed by atoms with Crippen LogP contribution in [0.5, 0.6) is 0 Å². The predicted molar refractivity (Wildman–Crippen MR) is 74.3 cm³/mol. The number of nitrogens with zero attached hydrogens (tertiary/aromatic N) is 2.